The molecular weight excluding hydrogens is 282 g/mol. The van der Waals surface area contributed by atoms with Gasteiger partial charge in [-0.15, -0.1) is 0 Å². The summed E-state index contributed by atoms with van der Waals surface area (Å²) in [6.45, 7) is 3.94. The molecule has 2 N–H and O–H groups in total. The van der Waals surface area contributed by atoms with Crippen LogP contribution >= 0.6 is 0 Å². The van der Waals surface area contributed by atoms with E-state index in [0.29, 0.717) is 0 Å². The Morgan fingerprint density at radius 1 is 1.00 bits per heavy atom. The van der Waals surface area contributed by atoms with E-state index in [-0.39, 0.29) is 11.5 Å². The van der Waals surface area contributed by atoms with Crippen molar-refractivity contribution in [3.05, 3.63) is 70.8 Å². The molecule has 0 aromatic heterocycles. The normalized spacial score (nSPS) is 13.1. The smallest absolute Gasteiger partial charge is 0.156 e. The number of hydrogen-bond acceptors (Lipinski definition) is 3. The van der Waals surface area contributed by atoms with Crippen LogP contribution in [0.4, 0.5) is 0 Å². The van der Waals surface area contributed by atoms with Crippen molar-refractivity contribution in [3.8, 4) is 0 Å². The van der Waals surface area contributed by atoms with E-state index in [1.165, 1.54) is 0 Å². The van der Waals surface area contributed by atoms with Gasteiger partial charge in [0.15, 0.2) is 9.84 Å². The number of hydrogen-bond donors (Lipinski definition) is 1. The van der Waals surface area contributed by atoms with E-state index in [2.05, 4.69) is 0 Å². The molecule has 0 aliphatic heterocycles. The van der Waals surface area contributed by atoms with Crippen LogP contribution in [0.15, 0.2) is 48.5 Å². The van der Waals surface area contributed by atoms with Crippen LogP contribution in [0.25, 0.3) is 0 Å². The van der Waals surface area contributed by atoms with Gasteiger partial charge < -0.3 is 5.73 Å². The zero-order valence-corrected chi connectivity index (χ0v) is 13.2. The van der Waals surface area contributed by atoms with Gasteiger partial charge in [-0.1, -0.05) is 59.7 Å². The summed E-state index contributed by atoms with van der Waals surface area (Å²) in [4.78, 5) is 0. The second kappa shape index (κ2) is 6.41. The number of benzene rings is 2. The largest absolute Gasteiger partial charge is 0.323 e. The number of rotatable bonds is 5. The minimum Gasteiger partial charge on any atom is -0.323 e. The molecule has 3 nitrogen and oxygen atoms in total. The molecule has 0 amide bonds. The Labute approximate surface area is 126 Å². The third kappa shape index (κ3) is 4.69. The topological polar surface area (TPSA) is 60.2 Å². The van der Waals surface area contributed by atoms with Gasteiger partial charge >= 0.3 is 0 Å². The number of sulfone groups is 1. The first kappa shape index (κ1) is 15.7. The van der Waals surface area contributed by atoms with E-state index in [9.17, 15) is 8.42 Å². The zero-order valence-electron chi connectivity index (χ0n) is 12.4. The van der Waals surface area contributed by atoms with Gasteiger partial charge in [0.25, 0.3) is 0 Å². The molecule has 1 unspecified atom stereocenters. The first-order valence-corrected chi connectivity index (χ1v) is 8.76. The van der Waals surface area contributed by atoms with Crippen molar-refractivity contribution in [1.82, 2.24) is 0 Å². The molecule has 0 bridgehead atoms. The zero-order chi connectivity index (χ0) is 15.5. The predicted octanol–water partition coefficient (Wildman–Crippen LogP) is 2.92. The molecule has 0 aliphatic carbocycles. The van der Waals surface area contributed by atoms with E-state index in [1.807, 2.05) is 62.4 Å². The summed E-state index contributed by atoms with van der Waals surface area (Å²) in [6.07, 6.45) is 0. The third-order valence-corrected chi connectivity index (χ3v) is 5.05. The molecule has 21 heavy (non-hydrogen) atoms. The average Bonchev–Trinajstić information content (AvgIpc) is 2.38. The molecule has 2 aromatic rings. The van der Waals surface area contributed by atoms with Gasteiger partial charge in [-0.25, -0.2) is 8.42 Å². The Kier molecular flexibility index (Phi) is 4.80. The lowest BCUT2D eigenvalue weighted by Crippen LogP contribution is -2.22. The summed E-state index contributed by atoms with van der Waals surface area (Å²) in [5.41, 5.74) is 9.90. The Bertz CT molecular complexity index is 706. The molecule has 0 fully saturated rings. The number of nitrogens with two attached hydrogens (primary N) is 1. The van der Waals surface area contributed by atoms with Gasteiger partial charge in [-0.05, 0) is 25.0 Å². The molecule has 2 aromatic carbocycles. The van der Waals surface area contributed by atoms with E-state index in [1.54, 1.807) is 0 Å². The van der Waals surface area contributed by atoms with Crippen LogP contribution in [0.2, 0.25) is 0 Å². The molecule has 2 rings (SSSR count). The first-order valence-electron chi connectivity index (χ1n) is 6.94. The summed E-state index contributed by atoms with van der Waals surface area (Å²) in [5, 5.41) is 0. The molecule has 0 saturated carbocycles. The first-order chi connectivity index (χ1) is 9.85. The maximum absolute atomic E-state index is 12.3. The quantitative estimate of drug-likeness (QED) is 0.924. The van der Waals surface area contributed by atoms with Gasteiger partial charge in [0.2, 0.25) is 0 Å². The lowest BCUT2D eigenvalue weighted by Gasteiger charge is -2.13. The summed E-state index contributed by atoms with van der Waals surface area (Å²) < 4.78 is 24.6. The van der Waals surface area contributed by atoms with Crippen LogP contribution in [0.3, 0.4) is 0 Å². The molecule has 1 atom stereocenters. The van der Waals surface area contributed by atoms with Crippen molar-refractivity contribution in [2.75, 3.05) is 5.75 Å². The summed E-state index contributed by atoms with van der Waals surface area (Å²) >= 11 is 0. The highest BCUT2D eigenvalue weighted by atomic mass is 32.2. The summed E-state index contributed by atoms with van der Waals surface area (Å²) in [6, 6.07) is 14.8. The van der Waals surface area contributed by atoms with Crippen LogP contribution in [0, 0.1) is 13.8 Å². The summed E-state index contributed by atoms with van der Waals surface area (Å²) in [7, 11) is -3.23. The van der Waals surface area contributed by atoms with Crippen LogP contribution in [-0.4, -0.2) is 14.2 Å². The molecule has 0 spiro atoms. The highest BCUT2D eigenvalue weighted by Crippen LogP contribution is 2.16. The fourth-order valence-electron chi connectivity index (χ4n) is 2.30. The van der Waals surface area contributed by atoms with Crippen molar-refractivity contribution in [2.45, 2.75) is 25.6 Å². The molecule has 4 heteroatoms. The monoisotopic (exact) mass is 303 g/mol. The van der Waals surface area contributed by atoms with Crippen LogP contribution in [-0.2, 0) is 15.6 Å². The second-order valence-electron chi connectivity index (χ2n) is 5.56. The SMILES string of the molecule is Cc1ccc(C(N)CS(=O)(=O)Cc2cccc(C)c2)cc1. The summed E-state index contributed by atoms with van der Waals surface area (Å²) in [5.74, 6) is -0.00174. The average molecular weight is 303 g/mol. The maximum Gasteiger partial charge on any atom is 0.156 e. The van der Waals surface area contributed by atoms with E-state index < -0.39 is 15.9 Å². The van der Waals surface area contributed by atoms with E-state index in [4.69, 9.17) is 5.73 Å². The lowest BCUT2D eigenvalue weighted by atomic mass is 10.1. The number of aryl methyl sites for hydroxylation is 2. The third-order valence-electron chi connectivity index (χ3n) is 3.41. The molecule has 0 radical (unpaired) electrons. The minimum atomic E-state index is -3.23. The van der Waals surface area contributed by atoms with Gasteiger partial charge in [-0.3, -0.25) is 0 Å². The Morgan fingerprint density at radius 3 is 2.29 bits per heavy atom. The van der Waals surface area contributed by atoms with E-state index >= 15 is 0 Å². The molecule has 0 heterocycles. The van der Waals surface area contributed by atoms with Gasteiger partial charge in [-0.2, -0.15) is 0 Å². The standard InChI is InChI=1S/C17H21NO2S/c1-13-6-8-16(9-7-13)17(18)12-21(19,20)11-15-5-3-4-14(2)10-15/h3-10,17H,11-12,18H2,1-2H3. The van der Waals surface area contributed by atoms with Crippen molar-refractivity contribution < 1.29 is 8.42 Å². The Morgan fingerprint density at radius 2 is 1.67 bits per heavy atom. The fraction of sp³-hybridized carbons (Fsp3) is 0.294. The van der Waals surface area contributed by atoms with Crippen LogP contribution in [0.1, 0.15) is 28.3 Å². The highest BCUT2D eigenvalue weighted by Gasteiger charge is 2.18. The van der Waals surface area contributed by atoms with Crippen molar-refractivity contribution in [2.24, 2.45) is 5.73 Å². The maximum atomic E-state index is 12.3. The van der Waals surface area contributed by atoms with E-state index in [0.717, 1.165) is 22.3 Å². The van der Waals surface area contributed by atoms with Gasteiger partial charge in [0.1, 0.15) is 0 Å². The molecule has 0 aliphatic rings. The van der Waals surface area contributed by atoms with Gasteiger partial charge in [0.05, 0.1) is 11.5 Å². The second-order valence-corrected chi connectivity index (χ2v) is 7.67. The molecular formula is C17H21NO2S. The Balaban J connectivity index is 2.08. The molecule has 0 saturated heterocycles. The lowest BCUT2D eigenvalue weighted by molar-refractivity contribution is 0.588. The fourth-order valence-corrected chi connectivity index (χ4v) is 3.84. The van der Waals surface area contributed by atoms with Crippen LogP contribution < -0.4 is 5.73 Å². The molecule has 112 valence electrons. The van der Waals surface area contributed by atoms with Crippen molar-refractivity contribution in [3.63, 3.8) is 0 Å². The van der Waals surface area contributed by atoms with Crippen LogP contribution in [0.5, 0.6) is 0 Å². The van der Waals surface area contributed by atoms with Crippen molar-refractivity contribution in [1.29, 1.82) is 0 Å². The highest BCUT2D eigenvalue weighted by molar-refractivity contribution is 7.90. The Hall–Kier alpha value is -1.65. The van der Waals surface area contributed by atoms with Gasteiger partial charge in [0, 0.05) is 6.04 Å². The minimum absolute atomic E-state index is 0.0360. The predicted molar refractivity (Wildman–Crippen MR) is 86.8 cm³/mol. The van der Waals surface area contributed by atoms with Crippen molar-refractivity contribution >= 4 is 9.84 Å².